The van der Waals surface area contributed by atoms with Crippen molar-refractivity contribution in [2.75, 3.05) is 25.2 Å². The van der Waals surface area contributed by atoms with E-state index < -0.39 is 11.7 Å². The molecule has 2 aromatic carbocycles. The lowest BCUT2D eigenvalue weighted by molar-refractivity contribution is -0.620. The van der Waals surface area contributed by atoms with Crippen LogP contribution in [-0.2, 0) is 16.8 Å². The second kappa shape index (κ2) is 10.9. The van der Waals surface area contributed by atoms with E-state index >= 15 is 0 Å². The summed E-state index contributed by atoms with van der Waals surface area (Å²) in [4.78, 5) is 20.4. The van der Waals surface area contributed by atoms with Gasteiger partial charge in [-0.05, 0) is 65.2 Å². The Morgan fingerprint density at radius 2 is 2.05 bits per heavy atom. The summed E-state index contributed by atoms with van der Waals surface area (Å²) in [5.74, 6) is 0.238. The van der Waals surface area contributed by atoms with Crippen molar-refractivity contribution in [2.24, 2.45) is 0 Å². The van der Waals surface area contributed by atoms with Gasteiger partial charge in [0, 0.05) is 34.5 Å². The highest BCUT2D eigenvalue weighted by atomic mass is 35.5. The number of aryl methyl sites for hydroxylation is 1. The van der Waals surface area contributed by atoms with Crippen LogP contribution in [-0.4, -0.2) is 66.7 Å². The number of halogens is 1. The minimum absolute atomic E-state index is 0.193. The number of carbonyl (C=O) groups is 1. The minimum atomic E-state index is -1.64. The second-order valence-corrected chi connectivity index (χ2v) is 10.3. The van der Waals surface area contributed by atoms with Crippen molar-refractivity contribution < 1.29 is 24.5 Å². The highest BCUT2D eigenvalue weighted by Gasteiger charge is 2.48. The number of anilines is 1. The number of nitrogens with zero attached hydrogens (tertiary/aromatic N) is 7. The van der Waals surface area contributed by atoms with E-state index in [4.69, 9.17) is 16.3 Å². The van der Waals surface area contributed by atoms with Crippen LogP contribution in [0.1, 0.15) is 23.5 Å². The van der Waals surface area contributed by atoms with Crippen LogP contribution >= 0.6 is 11.6 Å². The number of aromatic amines is 1. The standard InChI is InChI=1S/C28H25ClN8O5/c1-42-11-10-35(27(38)39)21-5-2-17(3-6-21)23-14-30-26(32-23)28(40)9-8-18-12-19(15-37(41)25(18)28)22-13-20(29)4-7-24(22)36-16-31-33-34-36/h2-7,12-16,40H,8-11H2,1H3,(H,30,32)(H,38,39). The number of benzene rings is 2. The molecular weight excluding hydrogens is 564 g/mol. The lowest BCUT2D eigenvalue weighted by Gasteiger charge is -2.20. The average Bonchev–Trinajstić information content (AvgIpc) is 3.75. The highest BCUT2D eigenvalue weighted by Crippen LogP contribution is 2.41. The minimum Gasteiger partial charge on any atom is -0.618 e. The van der Waals surface area contributed by atoms with Crippen LogP contribution in [0.2, 0.25) is 5.02 Å². The van der Waals surface area contributed by atoms with Crippen molar-refractivity contribution in [1.82, 2.24) is 30.2 Å². The molecule has 0 saturated carbocycles. The van der Waals surface area contributed by atoms with Crippen molar-refractivity contribution in [3.8, 4) is 28.1 Å². The smallest absolute Gasteiger partial charge is 0.411 e. The molecule has 0 spiro atoms. The van der Waals surface area contributed by atoms with Gasteiger partial charge in [0.1, 0.15) is 12.2 Å². The number of carboxylic acid groups (broad SMARTS) is 1. The molecule has 3 N–H and O–H groups in total. The molecule has 42 heavy (non-hydrogen) atoms. The number of aromatic nitrogens is 7. The van der Waals surface area contributed by atoms with Gasteiger partial charge in [0.05, 0.1) is 30.7 Å². The Balaban J connectivity index is 1.31. The Labute approximate surface area is 244 Å². The first-order valence-electron chi connectivity index (χ1n) is 13.0. The van der Waals surface area contributed by atoms with Crippen LogP contribution in [0.3, 0.4) is 0 Å². The van der Waals surface area contributed by atoms with Gasteiger partial charge in [-0.15, -0.1) is 5.10 Å². The molecule has 0 saturated heterocycles. The highest BCUT2D eigenvalue weighted by molar-refractivity contribution is 6.31. The van der Waals surface area contributed by atoms with Crippen molar-refractivity contribution in [3.05, 3.63) is 94.6 Å². The number of hydrogen-bond donors (Lipinski definition) is 3. The molecule has 5 aromatic rings. The fraction of sp³-hybridized carbons (Fsp3) is 0.214. The van der Waals surface area contributed by atoms with Gasteiger partial charge in [-0.3, -0.25) is 4.90 Å². The van der Waals surface area contributed by atoms with Gasteiger partial charge in [-0.1, -0.05) is 23.7 Å². The molecule has 3 heterocycles. The number of fused-ring (bicyclic) bond motifs is 1. The summed E-state index contributed by atoms with van der Waals surface area (Å²) in [7, 11) is 1.51. The molecule has 6 rings (SSSR count). The van der Waals surface area contributed by atoms with Crippen LogP contribution in [0.4, 0.5) is 10.5 Å². The second-order valence-electron chi connectivity index (χ2n) is 9.82. The van der Waals surface area contributed by atoms with Crippen LogP contribution in [0.5, 0.6) is 0 Å². The van der Waals surface area contributed by atoms with Crippen molar-refractivity contribution in [3.63, 3.8) is 0 Å². The summed E-state index contributed by atoms with van der Waals surface area (Å²) >= 11 is 6.29. The zero-order valence-electron chi connectivity index (χ0n) is 22.3. The van der Waals surface area contributed by atoms with Crippen LogP contribution < -0.4 is 9.63 Å². The molecule has 1 aliphatic rings. The van der Waals surface area contributed by atoms with E-state index in [-0.39, 0.29) is 31.1 Å². The van der Waals surface area contributed by atoms with Crippen molar-refractivity contribution >= 4 is 23.4 Å². The van der Waals surface area contributed by atoms with E-state index in [2.05, 4.69) is 25.5 Å². The maximum Gasteiger partial charge on any atom is 0.411 e. The van der Waals surface area contributed by atoms with Gasteiger partial charge >= 0.3 is 6.09 Å². The zero-order valence-corrected chi connectivity index (χ0v) is 23.1. The van der Waals surface area contributed by atoms with E-state index in [9.17, 15) is 20.2 Å². The Bertz CT molecular complexity index is 1760. The maximum absolute atomic E-state index is 13.5. The molecule has 0 fully saturated rings. The Kier molecular flexibility index (Phi) is 7.06. The number of H-pyrrole nitrogens is 1. The zero-order chi connectivity index (χ0) is 29.4. The Morgan fingerprint density at radius 3 is 2.76 bits per heavy atom. The lowest BCUT2D eigenvalue weighted by atomic mass is 9.98. The van der Waals surface area contributed by atoms with Gasteiger partial charge in [0.2, 0.25) is 11.3 Å². The molecule has 3 aromatic heterocycles. The van der Waals surface area contributed by atoms with E-state index in [0.717, 1.165) is 5.56 Å². The third-order valence-electron chi connectivity index (χ3n) is 7.33. The fourth-order valence-electron chi connectivity index (χ4n) is 5.30. The third-order valence-corrected chi connectivity index (χ3v) is 7.57. The van der Waals surface area contributed by atoms with Gasteiger partial charge in [-0.2, -0.15) is 9.41 Å². The number of ether oxygens (including phenoxy) is 1. The number of methoxy groups -OCH3 is 1. The molecule has 1 aliphatic carbocycles. The predicted molar refractivity (Wildman–Crippen MR) is 151 cm³/mol. The van der Waals surface area contributed by atoms with Gasteiger partial charge < -0.3 is 25.1 Å². The monoisotopic (exact) mass is 588 g/mol. The number of amides is 1. The number of aliphatic hydroxyl groups is 1. The average molecular weight is 589 g/mol. The molecule has 13 nitrogen and oxygen atoms in total. The fourth-order valence-corrected chi connectivity index (χ4v) is 5.48. The Morgan fingerprint density at radius 1 is 1.24 bits per heavy atom. The third kappa shape index (κ3) is 4.83. The van der Waals surface area contributed by atoms with Gasteiger partial charge in [0.15, 0.2) is 6.20 Å². The number of nitrogens with one attached hydrogen (secondary N) is 1. The normalized spacial score (nSPS) is 16.0. The van der Waals surface area contributed by atoms with Crippen molar-refractivity contribution in [1.29, 1.82) is 0 Å². The molecule has 1 unspecified atom stereocenters. The SMILES string of the molecule is COCCN(C(=O)O)c1ccc(-c2cnc(C3(O)CCc4cc(-c5cc(Cl)ccc5-n5cnnn5)c[n+]([O-])c43)[nH]2)cc1. The molecule has 14 heteroatoms. The quantitative estimate of drug-likeness (QED) is 0.182. The molecule has 214 valence electrons. The largest absolute Gasteiger partial charge is 0.618 e. The van der Waals surface area contributed by atoms with Crippen LogP contribution in [0.15, 0.2) is 67.3 Å². The van der Waals surface area contributed by atoms with Gasteiger partial charge in [0.25, 0.3) is 0 Å². The summed E-state index contributed by atoms with van der Waals surface area (Å²) < 4.78 is 7.17. The van der Waals surface area contributed by atoms with Crippen LogP contribution in [0, 0.1) is 5.21 Å². The predicted octanol–water partition coefficient (Wildman–Crippen LogP) is 3.32. The summed E-state index contributed by atoms with van der Waals surface area (Å²) in [6.45, 7) is 0.456. The lowest BCUT2D eigenvalue weighted by Crippen LogP contribution is -2.42. The first-order valence-corrected chi connectivity index (χ1v) is 13.3. The van der Waals surface area contributed by atoms with Crippen LogP contribution in [0.25, 0.3) is 28.1 Å². The first-order chi connectivity index (χ1) is 20.3. The number of pyridine rings is 1. The van der Waals surface area contributed by atoms with Crippen molar-refractivity contribution in [2.45, 2.75) is 18.4 Å². The maximum atomic E-state index is 13.5. The summed E-state index contributed by atoms with van der Waals surface area (Å²) in [6.07, 6.45) is 4.04. The van der Waals surface area contributed by atoms with E-state index in [1.165, 1.54) is 29.2 Å². The topological polar surface area (TPSA) is 169 Å². The number of tetrazole rings is 1. The van der Waals surface area contributed by atoms with E-state index in [1.807, 2.05) is 6.07 Å². The molecule has 0 aliphatic heterocycles. The molecule has 0 bridgehead atoms. The van der Waals surface area contributed by atoms with E-state index in [1.54, 1.807) is 48.7 Å². The summed E-state index contributed by atoms with van der Waals surface area (Å²) in [5.41, 5.74) is 2.98. The summed E-state index contributed by atoms with van der Waals surface area (Å²) in [6, 6.07) is 14.0. The number of rotatable bonds is 8. The molecule has 1 amide bonds. The number of imidazole rings is 1. The summed E-state index contributed by atoms with van der Waals surface area (Å²) in [5, 5.41) is 46.6. The first kappa shape index (κ1) is 27.3. The van der Waals surface area contributed by atoms with Gasteiger partial charge in [-0.25, -0.2) is 9.78 Å². The Hall–Kier alpha value is -4.85. The van der Waals surface area contributed by atoms with E-state index in [0.29, 0.717) is 49.9 Å². The molecule has 0 radical (unpaired) electrons. The number of hydrogen-bond acceptors (Lipinski definition) is 8. The molecule has 1 atom stereocenters. The molecular formula is C28H25ClN8O5.